The Morgan fingerprint density at radius 2 is 2.00 bits per heavy atom. The van der Waals surface area contributed by atoms with Crippen LogP contribution < -0.4 is 14.8 Å². The van der Waals surface area contributed by atoms with Crippen LogP contribution >= 0.6 is 0 Å². The molecule has 1 saturated carbocycles. The number of ether oxygens (including phenoxy) is 2. The molecule has 1 aromatic rings. The molecule has 1 aliphatic carbocycles. The largest absolute Gasteiger partial charge is 0.497 e. The van der Waals surface area contributed by atoms with Gasteiger partial charge < -0.3 is 14.8 Å². The monoisotopic (exact) mass is 291 g/mol. The van der Waals surface area contributed by atoms with E-state index in [1.54, 1.807) is 14.2 Å². The molecule has 1 aliphatic rings. The Bertz CT molecular complexity index is 481. The van der Waals surface area contributed by atoms with Gasteiger partial charge in [-0.05, 0) is 30.4 Å². The van der Waals surface area contributed by atoms with E-state index in [2.05, 4.69) is 12.2 Å². The zero-order valence-electron chi connectivity index (χ0n) is 13.1. The zero-order chi connectivity index (χ0) is 15.2. The molecule has 0 saturated heterocycles. The van der Waals surface area contributed by atoms with Crippen molar-refractivity contribution >= 4 is 5.91 Å². The van der Waals surface area contributed by atoms with Crippen molar-refractivity contribution in [2.45, 2.75) is 51.0 Å². The number of carbonyl (C=O) groups excluding carboxylic acids is 1. The fourth-order valence-corrected chi connectivity index (χ4v) is 2.97. The lowest BCUT2D eigenvalue weighted by molar-refractivity contribution is -0.122. The first-order valence-electron chi connectivity index (χ1n) is 7.65. The summed E-state index contributed by atoms with van der Waals surface area (Å²) in [5.41, 5.74) is 1.04. The highest BCUT2D eigenvalue weighted by atomic mass is 16.5. The smallest absolute Gasteiger partial charge is 0.220 e. The van der Waals surface area contributed by atoms with Gasteiger partial charge in [0.05, 0.1) is 14.2 Å². The predicted octanol–water partition coefficient (Wildman–Crippen LogP) is 3.26. The van der Waals surface area contributed by atoms with Gasteiger partial charge in [0.2, 0.25) is 5.91 Å². The zero-order valence-corrected chi connectivity index (χ0v) is 13.1. The number of amides is 1. The summed E-state index contributed by atoms with van der Waals surface area (Å²) in [7, 11) is 3.27. The van der Waals surface area contributed by atoms with Gasteiger partial charge >= 0.3 is 0 Å². The second-order valence-corrected chi connectivity index (χ2v) is 5.76. The fraction of sp³-hybridized carbons (Fsp3) is 0.588. The summed E-state index contributed by atoms with van der Waals surface area (Å²) in [5, 5.41) is 3.14. The Morgan fingerprint density at radius 3 is 2.62 bits per heavy atom. The molecule has 1 unspecified atom stereocenters. The number of benzene rings is 1. The molecule has 116 valence electrons. The molecule has 1 N–H and O–H groups in total. The van der Waals surface area contributed by atoms with Gasteiger partial charge in [0.25, 0.3) is 0 Å². The van der Waals surface area contributed by atoms with Gasteiger partial charge in [-0.3, -0.25) is 4.79 Å². The van der Waals surface area contributed by atoms with E-state index < -0.39 is 0 Å². The maximum absolute atomic E-state index is 12.1. The van der Waals surface area contributed by atoms with Crippen molar-refractivity contribution in [1.82, 2.24) is 5.32 Å². The van der Waals surface area contributed by atoms with Crippen LogP contribution in [0.3, 0.4) is 0 Å². The van der Waals surface area contributed by atoms with Crippen molar-refractivity contribution in [3.05, 3.63) is 23.8 Å². The van der Waals surface area contributed by atoms with Crippen molar-refractivity contribution in [3.8, 4) is 11.5 Å². The standard InChI is InChI=1S/C17H25NO3/c1-12(10-17(19)18-13-6-4-5-7-13)15-9-8-14(20-2)11-16(15)21-3/h8-9,11-13H,4-7,10H2,1-3H3,(H,18,19). The molecule has 1 amide bonds. The second-order valence-electron chi connectivity index (χ2n) is 5.76. The molecular formula is C17H25NO3. The van der Waals surface area contributed by atoms with Gasteiger partial charge in [0, 0.05) is 18.5 Å². The number of methoxy groups -OCH3 is 2. The average molecular weight is 291 g/mol. The van der Waals surface area contributed by atoms with Crippen molar-refractivity contribution in [2.24, 2.45) is 0 Å². The van der Waals surface area contributed by atoms with Crippen LogP contribution in [0.1, 0.15) is 50.5 Å². The highest BCUT2D eigenvalue weighted by molar-refractivity contribution is 5.77. The lowest BCUT2D eigenvalue weighted by atomic mass is 9.96. The van der Waals surface area contributed by atoms with Gasteiger partial charge in [-0.25, -0.2) is 0 Å². The number of carbonyl (C=O) groups is 1. The molecule has 1 fully saturated rings. The van der Waals surface area contributed by atoms with Crippen LogP contribution in [0.5, 0.6) is 11.5 Å². The number of nitrogens with one attached hydrogen (secondary N) is 1. The summed E-state index contributed by atoms with van der Waals surface area (Å²) < 4.78 is 10.6. The SMILES string of the molecule is COc1ccc(C(C)CC(=O)NC2CCCC2)c(OC)c1. The molecular weight excluding hydrogens is 266 g/mol. The third kappa shape index (κ3) is 4.13. The van der Waals surface area contributed by atoms with Crippen LogP contribution in [0.4, 0.5) is 0 Å². The molecule has 4 heteroatoms. The fourth-order valence-electron chi connectivity index (χ4n) is 2.97. The molecule has 0 aromatic heterocycles. The van der Waals surface area contributed by atoms with Crippen LogP contribution in [-0.2, 0) is 4.79 Å². The minimum atomic E-state index is 0.118. The Hall–Kier alpha value is -1.71. The van der Waals surface area contributed by atoms with Gasteiger partial charge in [-0.2, -0.15) is 0 Å². The van der Waals surface area contributed by atoms with Gasteiger partial charge in [0.1, 0.15) is 11.5 Å². The molecule has 1 atom stereocenters. The number of rotatable bonds is 6. The van der Waals surface area contributed by atoms with Crippen molar-refractivity contribution in [3.63, 3.8) is 0 Å². The second kappa shape index (κ2) is 7.34. The normalized spacial score (nSPS) is 16.5. The van der Waals surface area contributed by atoms with Crippen LogP contribution in [0.25, 0.3) is 0 Å². The van der Waals surface area contributed by atoms with E-state index in [-0.39, 0.29) is 11.8 Å². The summed E-state index contributed by atoms with van der Waals surface area (Å²) >= 11 is 0. The molecule has 0 bridgehead atoms. The van der Waals surface area contributed by atoms with E-state index in [1.165, 1.54) is 12.8 Å². The Balaban J connectivity index is 1.98. The summed E-state index contributed by atoms with van der Waals surface area (Å²) in [5.74, 6) is 1.79. The van der Waals surface area contributed by atoms with Crippen LogP contribution in [-0.4, -0.2) is 26.2 Å². The average Bonchev–Trinajstić information content (AvgIpc) is 2.99. The summed E-state index contributed by atoms with van der Waals surface area (Å²) in [6.07, 6.45) is 5.18. The molecule has 0 heterocycles. The van der Waals surface area contributed by atoms with Gasteiger partial charge in [-0.1, -0.05) is 25.8 Å². The molecule has 2 rings (SSSR count). The quantitative estimate of drug-likeness (QED) is 0.875. The molecule has 4 nitrogen and oxygen atoms in total. The first-order chi connectivity index (χ1) is 10.1. The summed E-state index contributed by atoms with van der Waals surface area (Å²) in [6, 6.07) is 6.12. The lowest BCUT2D eigenvalue weighted by Crippen LogP contribution is -2.33. The van der Waals surface area contributed by atoms with E-state index in [9.17, 15) is 4.79 Å². The van der Waals surface area contributed by atoms with Crippen LogP contribution in [0, 0.1) is 0 Å². The minimum Gasteiger partial charge on any atom is -0.497 e. The van der Waals surface area contributed by atoms with E-state index in [0.29, 0.717) is 12.5 Å². The molecule has 21 heavy (non-hydrogen) atoms. The van der Waals surface area contributed by atoms with Crippen molar-refractivity contribution in [2.75, 3.05) is 14.2 Å². The molecule has 0 radical (unpaired) electrons. The summed E-state index contributed by atoms with van der Waals surface area (Å²) in [4.78, 5) is 12.1. The summed E-state index contributed by atoms with van der Waals surface area (Å²) in [6.45, 7) is 2.05. The van der Waals surface area contributed by atoms with E-state index >= 15 is 0 Å². The first-order valence-corrected chi connectivity index (χ1v) is 7.65. The Kier molecular flexibility index (Phi) is 5.48. The van der Waals surface area contributed by atoms with Crippen molar-refractivity contribution < 1.29 is 14.3 Å². The number of hydrogen-bond donors (Lipinski definition) is 1. The van der Waals surface area contributed by atoms with E-state index in [1.807, 2.05) is 18.2 Å². The Morgan fingerprint density at radius 1 is 1.29 bits per heavy atom. The highest BCUT2D eigenvalue weighted by Crippen LogP contribution is 2.32. The van der Waals surface area contributed by atoms with Gasteiger partial charge in [0.15, 0.2) is 0 Å². The van der Waals surface area contributed by atoms with Crippen molar-refractivity contribution in [1.29, 1.82) is 0 Å². The van der Waals surface area contributed by atoms with Crippen LogP contribution in [0.15, 0.2) is 18.2 Å². The van der Waals surface area contributed by atoms with E-state index in [0.717, 1.165) is 29.9 Å². The minimum absolute atomic E-state index is 0.118. The molecule has 0 aliphatic heterocycles. The maximum atomic E-state index is 12.1. The highest BCUT2D eigenvalue weighted by Gasteiger charge is 2.20. The third-order valence-corrected chi connectivity index (χ3v) is 4.18. The third-order valence-electron chi connectivity index (χ3n) is 4.18. The Labute approximate surface area is 126 Å². The number of hydrogen-bond acceptors (Lipinski definition) is 3. The lowest BCUT2D eigenvalue weighted by Gasteiger charge is -2.18. The topological polar surface area (TPSA) is 47.6 Å². The van der Waals surface area contributed by atoms with E-state index in [4.69, 9.17) is 9.47 Å². The first kappa shape index (κ1) is 15.7. The molecule has 0 spiro atoms. The van der Waals surface area contributed by atoms with Gasteiger partial charge in [-0.15, -0.1) is 0 Å². The predicted molar refractivity (Wildman–Crippen MR) is 83.0 cm³/mol. The maximum Gasteiger partial charge on any atom is 0.220 e. The van der Waals surface area contributed by atoms with Crippen LogP contribution in [0.2, 0.25) is 0 Å². The molecule has 1 aromatic carbocycles.